The fourth-order valence-electron chi connectivity index (χ4n) is 1.19. The highest BCUT2D eigenvalue weighted by Gasteiger charge is 2.09. The quantitative estimate of drug-likeness (QED) is 0.772. The summed E-state index contributed by atoms with van der Waals surface area (Å²) in [6.45, 7) is 9.52. The molecule has 82 valence electrons. The summed E-state index contributed by atoms with van der Waals surface area (Å²) in [6, 6.07) is 0. The number of allylic oxidation sites excluding steroid dienone is 4. The lowest BCUT2D eigenvalue weighted by atomic mass is 10.2. The average Bonchev–Trinajstić information content (AvgIpc) is 2.76. The molecular weight excluding hydrogens is 254 g/mol. The molecule has 0 bridgehead atoms. The van der Waals surface area contributed by atoms with Crippen LogP contribution < -0.4 is 10.6 Å². The number of nitrogens with one attached hydrogen (secondary N) is 2. The van der Waals surface area contributed by atoms with Crippen LogP contribution in [0, 0.1) is 0 Å². The molecule has 0 unspecified atom stereocenters. The number of halogens is 1. The maximum atomic E-state index is 4.29. The first kappa shape index (κ1) is 12.0. The van der Waals surface area contributed by atoms with Crippen molar-refractivity contribution in [3.8, 4) is 0 Å². The fourth-order valence-corrected chi connectivity index (χ4v) is 1.60. The van der Waals surface area contributed by atoms with Crippen molar-refractivity contribution in [2.45, 2.75) is 13.8 Å². The largest absolute Gasteiger partial charge is 0.354 e. The Morgan fingerprint density at radius 2 is 2.40 bits per heavy atom. The van der Waals surface area contributed by atoms with Gasteiger partial charge in [-0.25, -0.2) is 0 Å². The van der Waals surface area contributed by atoms with Gasteiger partial charge in [-0.05, 0) is 35.4 Å². The van der Waals surface area contributed by atoms with E-state index in [-0.39, 0.29) is 0 Å². The van der Waals surface area contributed by atoms with Gasteiger partial charge in [-0.15, -0.1) is 0 Å². The van der Waals surface area contributed by atoms with Crippen molar-refractivity contribution in [1.29, 1.82) is 0 Å². The lowest BCUT2D eigenvalue weighted by Crippen LogP contribution is -2.33. The Kier molecular flexibility index (Phi) is 4.62. The summed E-state index contributed by atoms with van der Waals surface area (Å²) in [5.74, 6) is 0.824. The lowest BCUT2D eigenvalue weighted by molar-refractivity contribution is 0.939. The summed E-state index contributed by atoms with van der Waals surface area (Å²) in [7, 11) is 0. The van der Waals surface area contributed by atoms with Gasteiger partial charge in [-0.3, -0.25) is 4.99 Å². The molecule has 0 amide bonds. The molecule has 0 aromatic carbocycles. The van der Waals surface area contributed by atoms with E-state index in [0.29, 0.717) is 0 Å². The maximum Gasteiger partial charge on any atom is 0.195 e. The average molecular weight is 270 g/mol. The minimum atomic E-state index is 0.824. The number of hydrogen-bond donors (Lipinski definition) is 2. The van der Waals surface area contributed by atoms with E-state index in [1.54, 1.807) is 6.08 Å². The van der Waals surface area contributed by atoms with Crippen molar-refractivity contribution in [3.63, 3.8) is 0 Å². The molecule has 1 heterocycles. The van der Waals surface area contributed by atoms with Crippen molar-refractivity contribution in [1.82, 2.24) is 10.6 Å². The lowest BCUT2D eigenvalue weighted by Gasteiger charge is -2.13. The number of guanidine groups is 1. The summed E-state index contributed by atoms with van der Waals surface area (Å²) in [6.07, 6.45) is 3.81. The van der Waals surface area contributed by atoms with Gasteiger partial charge in [0.15, 0.2) is 5.96 Å². The molecule has 4 heteroatoms. The van der Waals surface area contributed by atoms with Crippen LogP contribution >= 0.6 is 15.9 Å². The molecule has 0 fully saturated rings. The Morgan fingerprint density at radius 3 is 2.87 bits per heavy atom. The normalized spacial score (nSPS) is 17.8. The van der Waals surface area contributed by atoms with Crippen LogP contribution in [0.5, 0.6) is 0 Å². The Hall–Kier alpha value is -1.03. The molecule has 3 nitrogen and oxygen atoms in total. The third-order valence-electron chi connectivity index (χ3n) is 2.16. The molecule has 0 spiro atoms. The van der Waals surface area contributed by atoms with Gasteiger partial charge >= 0.3 is 0 Å². The summed E-state index contributed by atoms with van der Waals surface area (Å²) >= 11 is 3.47. The molecule has 15 heavy (non-hydrogen) atoms. The van der Waals surface area contributed by atoms with Crippen molar-refractivity contribution in [3.05, 3.63) is 34.5 Å². The van der Waals surface area contributed by atoms with Crippen LogP contribution in [-0.2, 0) is 0 Å². The molecule has 1 rings (SSSR count). The number of nitrogens with zero attached hydrogens (tertiary/aromatic N) is 1. The van der Waals surface area contributed by atoms with E-state index < -0.39 is 0 Å². The molecule has 0 aromatic rings. The van der Waals surface area contributed by atoms with Crippen molar-refractivity contribution in [2.75, 3.05) is 13.1 Å². The van der Waals surface area contributed by atoms with Crippen LogP contribution in [0.4, 0.5) is 0 Å². The SMILES string of the molecule is C=C/C(Br)=C(NC1=NCCN1)\C(C)=C/C. The summed E-state index contributed by atoms with van der Waals surface area (Å²) in [5, 5.41) is 6.42. The van der Waals surface area contributed by atoms with Gasteiger partial charge in [0.2, 0.25) is 0 Å². The Balaban J connectivity index is 2.87. The van der Waals surface area contributed by atoms with E-state index in [9.17, 15) is 0 Å². The first-order chi connectivity index (χ1) is 7.19. The molecular formula is C11H16BrN3. The molecule has 0 radical (unpaired) electrons. The van der Waals surface area contributed by atoms with E-state index >= 15 is 0 Å². The molecule has 0 aliphatic carbocycles. The predicted octanol–water partition coefficient (Wildman–Crippen LogP) is 2.29. The zero-order valence-corrected chi connectivity index (χ0v) is 10.7. The molecule has 0 aromatic heterocycles. The highest BCUT2D eigenvalue weighted by molar-refractivity contribution is 9.11. The fraction of sp³-hybridized carbons (Fsp3) is 0.364. The molecule has 1 aliphatic rings. The zero-order valence-electron chi connectivity index (χ0n) is 9.10. The highest BCUT2D eigenvalue weighted by atomic mass is 79.9. The van der Waals surface area contributed by atoms with Crippen LogP contribution in [0.2, 0.25) is 0 Å². The minimum Gasteiger partial charge on any atom is -0.354 e. The second kappa shape index (κ2) is 5.75. The van der Waals surface area contributed by atoms with Gasteiger partial charge in [-0.1, -0.05) is 18.7 Å². The summed E-state index contributed by atoms with van der Waals surface area (Å²) < 4.78 is 0.939. The van der Waals surface area contributed by atoms with Gasteiger partial charge in [0.25, 0.3) is 0 Å². The van der Waals surface area contributed by atoms with Gasteiger partial charge < -0.3 is 10.6 Å². The zero-order chi connectivity index (χ0) is 11.3. The first-order valence-electron chi connectivity index (χ1n) is 4.90. The number of hydrogen-bond acceptors (Lipinski definition) is 3. The van der Waals surface area contributed by atoms with Gasteiger partial charge in [0.05, 0.1) is 12.2 Å². The second-order valence-corrected chi connectivity index (χ2v) is 4.04. The van der Waals surface area contributed by atoms with E-state index in [2.05, 4.69) is 38.1 Å². The molecule has 0 saturated heterocycles. The third kappa shape index (κ3) is 3.23. The molecule has 1 aliphatic heterocycles. The number of aliphatic imine (C=N–C) groups is 1. The first-order valence-corrected chi connectivity index (χ1v) is 5.69. The van der Waals surface area contributed by atoms with Crippen molar-refractivity contribution >= 4 is 21.9 Å². The van der Waals surface area contributed by atoms with Crippen molar-refractivity contribution in [2.24, 2.45) is 4.99 Å². The van der Waals surface area contributed by atoms with Crippen LogP contribution in [-0.4, -0.2) is 19.0 Å². The standard InChI is InChI=1S/C11H16BrN3/c1-4-8(3)10(9(12)5-2)15-11-13-6-7-14-11/h4-5H,2,6-7H2,1,3H3,(H2,13,14,15)/b8-4-,10-9-. The molecule has 0 atom stereocenters. The second-order valence-electron chi connectivity index (χ2n) is 3.18. The summed E-state index contributed by atoms with van der Waals surface area (Å²) in [5.41, 5.74) is 2.15. The maximum absolute atomic E-state index is 4.29. The molecule has 2 N–H and O–H groups in total. The van der Waals surface area contributed by atoms with E-state index in [1.165, 1.54) is 0 Å². The smallest absolute Gasteiger partial charge is 0.195 e. The minimum absolute atomic E-state index is 0.824. The molecule has 0 saturated carbocycles. The van der Waals surface area contributed by atoms with Crippen molar-refractivity contribution < 1.29 is 0 Å². The Labute approximate surface area is 99.2 Å². The predicted molar refractivity (Wildman–Crippen MR) is 69.0 cm³/mol. The van der Waals surface area contributed by atoms with E-state index in [4.69, 9.17) is 0 Å². The topological polar surface area (TPSA) is 36.4 Å². The Morgan fingerprint density at radius 1 is 1.67 bits per heavy atom. The van der Waals surface area contributed by atoms with Gasteiger partial charge in [0.1, 0.15) is 0 Å². The van der Waals surface area contributed by atoms with Crippen LogP contribution in [0.25, 0.3) is 0 Å². The van der Waals surface area contributed by atoms with Crippen LogP contribution in [0.3, 0.4) is 0 Å². The Bertz CT molecular complexity index is 340. The van der Waals surface area contributed by atoms with Crippen LogP contribution in [0.1, 0.15) is 13.8 Å². The summed E-state index contributed by atoms with van der Waals surface area (Å²) in [4.78, 5) is 4.29. The highest BCUT2D eigenvalue weighted by Crippen LogP contribution is 2.17. The van der Waals surface area contributed by atoms with Crippen LogP contribution in [0.15, 0.2) is 39.5 Å². The number of rotatable bonds is 3. The van der Waals surface area contributed by atoms with Gasteiger partial charge in [0, 0.05) is 11.0 Å². The monoisotopic (exact) mass is 269 g/mol. The van der Waals surface area contributed by atoms with E-state index in [1.807, 2.05) is 19.9 Å². The third-order valence-corrected chi connectivity index (χ3v) is 2.88. The van der Waals surface area contributed by atoms with Gasteiger partial charge in [-0.2, -0.15) is 0 Å². The van der Waals surface area contributed by atoms with E-state index in [0.717, 1.165) is 34.8 Å².